The van der Waals surface area contributed by atoms with Crippen molar-refractivity contribution in [2.75, 3.05) is 32.8 Å². The number of hydrogen-bond donors (Lipinski definition) is 1. The Morgan fingerprint density at radius 1 is 1.00 bits per heavy atom. The molecule has 0 amide bonds. The second-order valence-corrected chi connectivity index (χ2v) is 7.83. The molecule has 0 saturated carbocycles. The summed E-state index contributed by atoms with van der Waals surface area (Å²) in [4.78, 5) is 2.56. The van der Waals surface area contributed by atoms with Gasteiger partial charge in [-0.25, -0.2) is 0 Å². The molecule has 1 atom stereocenters. The van der Waals surface area contributed by atoms with Gasteiger partial charge in [-0.2, -0.15) is 0 Å². The van der Waals surface area contributed by atoms with Crippen molar-refractivity contribution < 1.29 is 4.74 Å². The number of rotatable bonds is 5. The van der Waals surface area contributed by atoms with E-state index in [-0.39, 0.29) is 6.04 Å². The molecule has 1 heterocycles. The van der Waals surface area contributed by atoms with E-state index in [1.54, 1.807) is 0 Å². The van der Waals surface area contributed by atoms with Crippen LogP contribution in [0.3, 0.4) is 0 Å². The van der Waals surface area contributed by atoms with Crippen LogP contribution in [0.1, 0.15) is 24.1 Å². The van der Waals surface area contributed by atoms with Gasteiger partial charge in [-0.3, -0.25) is 4.90 Å². The van der Waals surface area contributed by atoms with Gasteiger partial charge in [-0.1, -0.05) is 52.3 Å². The van der Waals surface area contributed by atoms with Gasteiger partial charge in [-0.15, -0.1) is 0 Å². The summed E-state index contributed by atoms with van der Waals surface area (Å²) >= 11 is 3.67. The monoisotopic (exact) mass is 424 g/mol. The molecule has 0 bridgehead atoms. The van der Waals surface area contributed by atoms with Crippen molar-refractivity contribution in [2.24, 2.45) is 0 Å². The summed E-state index contributed by atoms with van der Waals surface area (Å²) in [7, 11) is 0. The number of benzene rings is 3. The van der Waals surface area contributed by atoms with Crippen LogP contribution in [0.2, 0.25) is 0 Å². The van der Waals surface area contributed by atoms with Gasteiger partial charge in [0, 0.05) is 36.2 Å². The number of fused-ring (bicyclic) bond motifs is 1. The third kappa shape index (κ3) is 4.03. The average Bonchev–Trinajstić information content (AvgIpc) is 2.71. The summed E-state index contributed by atoms with van der Waals surface area (Å²) in [5.74, 6) is 0.970. The minimum Gasteiger partial charge on any atom is -0.494 e. The van der Waals surface area contributed by atoms with E-state index in [1.807, 2.05) is 6.92 Å². The van der Waals surface area contributed by atoms with E-state index in [0.717, 1.165) is 36.4 Å². The molecule has 0 aliphatic carbocycles. The molecule has 140 valence electrons. The molecule has 1 aliphatic heterocycles. The number of ether oxygens (including phenoxy) is 1. The van der Waals surface area contributed by atoms with Crippen LogP contribution in [0.4, 0.5) is 0 Å². The molecule has 0 radical (unpaired) electrons. The normalized spacial score (nSPS) is 16.4. The highest BCUT2D eigenvalue weighted by Crippen LogP contribution is 2.37. The van der Waals surface area contributed by atoms with Crippen LogP contribution in [0.15, 0.2) is 65.1 Å². The van der Waals surface area contributed by atoms with Gasteiger partial charge < -0.3 is 10.1 Å². The largest absolute Gasteiger partial charge is 0.494 e. The molecule has 3 aromatic carbocycles. The number of piperazine rings is 1. The Kier molecular flexibility index (Phi) is 5.77. The maximum atomic E-state index is 6.01. The molecule has 1 aliphatic rings. The van der Waals surface area contributed by atoms with Crippen molar-refractivity contribution in [2.45, 2.75) is 13.0 Å². The lowest BCUT2D eigenvalue weighted by molar-refractivity contribution is 0.194. The van der Waals surface area contributed by atoms with Crippen LogP contribution >= 0.6 is 15.9 Å². The lowest BCUT2D eigenvalue weighted by atomic mass is 9.93. The van der Waals surface area contributed by atoms with E-state index in [9.17, 15) is 0 Å². The lowest BCUT2D eigenvalue weighted by Gasteiger charge is -2.36. The molecule has 0 aromatic heterocycles. The first kappa shape index (κ1) is 18.5. The molecule has 27 heavy (non-hydrogen) atoms. The van der Waals surface area contributed by atoms with E-state index in [2.05, 4.69) is 86.8 Å². The molecule has 1 unspecified atom stereocenters. The average molecular weight is 425 g/mol. The van der Waals surface area contributed by atoms with Crippen molar-refractivity contribution in [3.05, 3.63) is 76.3 Å². The fourth-order valence-corrected chi connectivity index (χ4v) is 4.30. The van der Waals surface area contributed by atoms with Gasteiger partial charge in [0.15, 0.2) is 0 Å². The molecule has 4 heteroatoms. The first-order valence-corrected chi connectivity index (χ1v) is 10.4. The van der Waals surface area contributed by atoms with E-state index >= 15 is 0 Å². The standard InChI is InChI=1S/C23H25BrN2O/c1-2-27-22-10-9-20(24)16-21(22)23(26-13-11-25-12-14-26)19-8-7-17-5-3-4-6-18(17)15-19/h3-10,15-16,23,25H,2,11-14H2,1H3. The smallest absolute Gasteiger partial charge is 0.124 e. The predicted octanol–water partition coefficient (Wildman–Crippen LogP) is 5.00. The number of halogens is 1. The summed E-state index contributed by atoms with van der Waals surface area (Å²) in [5, 5.41) is 6.03. The maximum absolute atomic E-state index is 6.01. The first-order valence-electron chi connectivity index (χ1n) is 9.62. The summed E-state index contributed by atoms with van der Waals surface area (Å²) in [5.41, 5.74) is 2.54. The molecule has 1 N–H and O–H groups in total. The number of nitrogens with zero attached hydrogens (tertiary/aromatic N) is 1. The molecule has 1 saturated heterocycles. The molecule has 0 spiro atoms. The second-order valence-electron chi connectivity index (χ2n) is 6.91. The van der Waals surface area contributed by atoms with E-state index in [1.165, 1.54) is 21.9 Å². The van der Waals surface area contributed by atoms with Gasteiger partial charge in [0.2, 0.25) is 0 Å². The fourth-order valence-electron chi connectivity index (χ4n) is 3.93. The molecular formula is C23H25BrN2O. The summed E-state index contributed by atoms with van der Waals surface area (Å²) in [6, 6.07) is 21.9. The summed E-state index contributed by atoms with van der Waals surface area (Å²) < 4.78 is 7.09. The lowest BCUT2D eigenvalue weighted by Crippen LogP contribution is -2.45. The topological polar surface area (TPSA) is 24.5 Å². The highest BCUT2D eigenvalue weighted by molar-refractivity contribution is 9.10. The highest BCUT2D eigenvalue weighted by atomic mass is 79.9. The van der Waals surface area contributed by atoms with Crippen molar-refractivity contribution in [3.8, 4) is 5.75 Å². The Bertz CT molecular complexity index is 921. The summed E-state index contributed by atoms with van der Waals surface area (Å²) in [6.07, 6.45) is 0. The molecular weight excluding hydrogens is 400 g/mol. The second kappa shape index (κ2) is 8.42. The predicted molar refractivity (Wildman–Crippen MR) is 116 cm³/mol. The van der Waals surface area contributed by atoms with Crippen molar-refractivity contribution in [1.29, 1.82) is 0 Å². The van der Waals surface area contributed by atoms with Gasteiger partial charge in [0.05, 0.1) is 12.6 Å². The zero-order valence-electron chi connectivity index (χ0n) is 15.6. The number of hydrogen-bond acceptors (Lipinski definition) is 3. The zero-order chi connectivity index (χ0) is 18.6. The minimum atomic E-state index is 0.177. The Hall–Kier alpha value is -1.88. The van der Waals surface area contributed by atoms with E-state index < -0.39 is 0 Å². The van der Waals surface area contributed by atoms with Crippen LogP contribution in [0, 0.1) is 0 Å². The summed E-state index contributed by atoms with van der Waals surface area (Å²) in [6.45, 7) is 6.79. The molecule has 3 aromatic rings. The van der Waals surface area contributed by atoms with Gasteiger partial charge in [0.25, 0.3) is 0 Å². The Labute approximate surface area is 169 Å². The zero-order valence-corrected chi connectivity index (χ0v) is 17.2. The van der Waals surface area contributed by atoms with Gasteiger partial charge >= 0.3 is 0 Å². The van der Waals surface area contributed by atoms with Crippen molar-refractivity contribution in [1.82, 2.24) is 10.2 Å². The van der Waals surface area contributed by atoms with Crippen molar-refractivity contribution in [3.63, 3.8) is 0 Å². The van der Waals surface area contributed by atoms with Crippen LogP contribution in [-0.2, 0) is 0 Å². The van der Waals surface area contributed by atoms with Crippen LogP contribution < -0.4 is 10.1 Å². The van der Waals surface area contributed by atoms with Gasteiger partial charge in [0.1, 0.15) is 5.75 Å². The van der Waals surface area contributed by atoms with E-state index in [4.69, 9.17) is 4.74 Å². The Morgan fingerprint density at radius 3 is 2.56 bits per heavy atom. The molecule has 4 rings (SSSR count). The van der Waals surface area contributed by atoms with Crippen LogP contribution in [0.25, 0.3) is 10.8 Å². The Balaban J connectivity index is 1.85. The van der Waals surface area contributed by atoms with Crippen molar-refractivity contribution >= 4 is 26.7 Å². The maximum Gasteiger partial charge on any atom is 0.124 e. The third-order valence-electron chi connectivity index (χ3n) is 5.17. The highest BCUT2D eigenvalue weighted by Gasteiger charge is 2.27. The Morgan fingerprint density at radius 2 is 1.78 bits per heavy atom. The number of nitrogens with one attached hydrogen (secondary N) is 1. The fraction of sp³-hybridized carbons (Fsp3) is 0.304. The van der Waals surface area contributed by atoms with Crippen LogP contribution in [0.5, 0.6) is 5.75 Å². The van der Waals surface area contributed by atoms with Gasteiger partial charge in [-0.05, 0) is 47.5 Å². The first-order chi connectivity index (χ1) is 13.3. The van der Waals surface area contributed by atoms with Crippen LogP contribution in [-0.4, -0.2) is 37.7 Å². The van der Waals surface area contributed by atoms with E-state index in [0.29, 0.717) is 6.61 Å². The minimum absolute atomic E-state index is 0.177. The molecule has 1 fully saturated rings. The third-order valence-corrected chi connectivity index (χ3v) is 5.67. The quantitative estimate of drug-likeness (QED) is 0.623. The molecule has 3 nitrogen and oxygen atoms in total. The SMILES string of the molecule is CCOc1ccc(Br)cc1C(c1ccc2ccccc2c1)N1CCNCC1.